The van der Waals surface area contributed by atoms with Crippen LogP contribution in [0, 0.1) is 6.92 Å². The van der Waals surface area contributed by atoms with Crippen LogP contribution in [0.15, 0.2) is 59.2 Å². The van der Waals surface area contributed by atoms with Crippen molar-refractivity contribution in [1.82, 2.24) is 4.57 Å². The molecule has 4 heteroatoms. The number of benzene rings is 2. The van der Waals surface area contributed by atoms with E-state index in [-0.39, 0.29) is 5.91 Å². The number of aryl methyl sites for hydroxylation is 1. The van der Waals surface area contributed by atoms with Gasteiger partial charge in [-0.15, -0.1) is 0 Å². The van der Waals surface area contributed by atoms with E-state index in [1.807, 2.05) is 66.2 Å². The maximum Gasteiger partial charge on any atom is 0.244 e. The smallest absolute Gasteiger partial charge is 0.244 e. The van der Waals surface area contributed by atoms with Crippen LogP contribution in [0.5, 0.6) is 0 Å². The summed E-state index contributed by atoms with van der Waals surface area (Å²) in [4.78, 5) is 12.1. The highest BCUT2D eigenvalue weighted by Gasteiger charge is 2.07. The molecule has 2 aromatic carbocycles. The Labute approximate surface area is 131 Å². The minimum Gasteiger partial charge on any atom is -0.338 e. The molecule has 0 radical (unpaired) electrons. The lowest BCUT2D eigenvalue weighted by Gasteiger charge is -2.08. The summed E-state index contributed by atoms with van der Waals surface area (Å²) in [7, 11) is 0. The highest BCUT2D eigenvalue weighted by Crippen LogP contribution is 2.21. The fourth-order valence-corrected chi connectivity index (χ4v) is 2.64. The van der Waals surface area contributed by atoms with Crippen LogP contribution in [-0.2, 0) is 11.3 Å². The minimum atomic E-state index is -0.0312. The average molecular weight is 343 g/mol. The van der Waals surface area contributed by atoms with Gasteiger partial charge in [-0.25, -0.2) is 0 Å². The van der Waals surface area contributed by atoms with Crippen LogP contribution >= 0.6 is 15.9 Å². The van der Waals surface area contributed by atoms with Crippen molar-refractivity contribution in [2.24, 2.45) is 0 Å². The van der Waals surface area contributed by atoms with E-state index in [1.54, 1.807) is 0 Å². The molecule has 1 heterocycles. The number of aromatic nitrogens is 1. The molecule has 1 amide bonds. The van der Waals surface area contributed by atoms with Gasteiger partial charge in [0, 0.05) is 21.9 Å². The summed E-state index contributed by atoms with van der Waals surface area (Å²) < 4.78 is 2.96. The highest BCUT2D eigenvalue weighted by molar-refractivity contribution is 9.10. The topological polar surface area (TPSA) is 34.0 Å². The Morgan fingerprint density at radius 3 is 2.67 bits per heavy atom. The molecule has 3 rings (SSSR count). The second-order valence-electron chi connectivity index (χ2n) is 5.06. The fraction of sp³-hybridized carbons (Fsp3) is 0.118. The van der Waals surface area contributed by atoms with Crippen LogP contribution in [0.2, 0.25) is 0 Å². The zero-order chi connectivity index (χ0) is 14.8. The van der Waals surface area contributed by atoms with Gasteiger partial charge in [-0.1, -0.05) is 39.7 Å². The number of hydrogen-bond donors (Lipinski definition) is 1. The molecule has 0 spiro atoms. The molecule has 0 saturated heterocycles. The van der Waals surface area contributed by atoms with Crippen LogP contribution in [-0.4, -0.2) is 10.5 Å². The second-order valence-corrected chi connectivity index (χ2v) is 5.98. The van der Waals surface area contributed by atoms with E-state index < -0.39 is 0 Å². The molecule has 0 unspecified atom stereocenters. The molecule has 3 aromatic rings. The number of anilines is 1. The number of nitrogens with one attached hydrogen (secondary N) is 1. The summed E-state index contributed by atoms with van der Waals surface area (Å²) >= 11 is 3.46. The molecule has 106 valence electrons. The normalized spacial score (nSPS) is 10.8. The third-order valence-electron chi connectivity index (χ3n) is 3.39. The maximum atomic E-state index is 12.1. The summed E-state index contributed by atoms with van der Waals surface area (Å²) in [5.41, 5.74) is 3.04. The first-order valence-corrected chi connectivity index (χ1v) is 7.52. The van der Waals surface area contributed by atoms with Crippen molar-refractivity contribution >= 4 is 38.4 Å². The first kappa shape index (κ1) is 13.9. The molecule has 0 saturated carbocycles. The van der Waals surface area contributed by atoms with Crippen molar-refractivity contribution in [3.05, 3.63) is 64.8 Å². The maximum absolute atomic E-state index is 12.1. The number of carbonyl (C=O) groups excluding carboxylic acids is 1. The first-order valence-electron chi connectivity index (χ1n) is 6.73. The van der Waals surface area contributed by atoms with Crippen LogP contribution in [0.3, 0.4) is 0 Å². The molecule has 0 bridgehead atoms. The van der Waals surface area contributed by atoms with Crippen LogP contribution < -0.4 is 5.32 Å². The average Bonchev–Trinajstić information content (AvgIpc) is 2.84. The minimum absolute atomic E-state index is 0.0312. The predicted octanol–water partition coefficient (Wildman–Crippen LogP) is 4.35. The highest BCUT2D eigenvalue weighted by atomic mass is 79.9. The van der Waals surface area contributed by atoms with Crippen molar-refractivity contribution in [3.8, 4) is 0 Å². The molecule has 0 atom stereocenters. The number of amides is 1. The van der Waals surface area contributed by atoms with Crippen molar-refractivity contribution in [2.45, 2.75) is 13.5 Å². The lowest BCUT2D eigenvalue weighted by molar-refractivity contribution is -0.116. The molecule has 0 aliphatic heterocycles. The van der Waals surface area contributed by atoms with E-state index in [4.69, 9.17) is 0 Å². The molecule has 0 aliphatic rings. The summed E-state index contributed by atoms with van der Waals surface area (Å²) in [6.07, 6.45) is 1.94. The largest absolute Gasteiger partial charge is 0.338 e. The lowest BCUT2D eigenvalue weighted by atomic mass is 10.2. The van der Waals surface area contributed by atoms with E-state index >= 15 is 0 Å². The summed E-state index contributed by atoms with van der Waals surface area (Å²) in [6, 6.07) is 15.9. The van der Waals surface area contributed by atoms with Crippen molar-refractivity contribution in [2.75, 3.05) is 5.32 Å². The van der Waals surface area contributed by atoms with Crippen molar-refractivity contribution < 1.29 is 4.79 Å². The Kier molecular flexibility index (Phi) is 3.80. The molecule has 1 N–H and O–H groups in total. The molecular weight excluding hydrogens is 328 g/mol. The number of nitrogens with zero attached hydrogens (tertiary/aromatic N) is 1. The van der Waals surface area contributed by atoms with E-state index in [2.05, 4.69) is 21.2 Å². The van der Waals surface area contributed by atoms with Gasteiger partial charge in [0.2, 0.25) is 5.91 Å². The monoisotopic (exact) mass is 342 g/mol. The van der Waals surface area contributed by atoms with Crippen molar-refractivity contribution in [1.29, 1.82) is 0 Å². The summed E-state index contributed by atoms with van der Waals surface area (Å²) in [5, 5.41) is 4.04. The van der Waals surface area contributed by atoms with Gasteiger partial charge >= 0.3 is 0 Å². The molecule has 0 aliphatic carbocycles. The zero-order valence-electron chi connectivity index (χ0n) is 11.6. The number of rotatable bonds is 3. The Balaban J connectivity index is 1.77. The van der Waals surface area contributed by atoms with Gasteiger partial charge in [0.15, 0.2) is 0 Å². The molecule has 21 heavy (non-hydrogen) atoms. The molecule has 1 aromatic heterocycles. The number of hydrogen-bond acceptors (Lipinski definition) is 1. The van der Waals surface area contributed by atoms with E-state index in [1.165, 1.54) is 5.56 Å². The predicted molar refractivity (Wildman–Crippen MR) is 89.4 cm³/mol. The van der Waals surface area contributed by atoms with Crippen molar-refractivity contribution in [3.63, 3.8) is 0 Å². The van der Waals surface area contributed by atoms with Gasteiger partial charge in [0.05, 0.1) is 0 Å². The second kappa shape index (κ2) is 5.74. The number of halogens is 1. The quantitative estimate of drug-likeness (QED) is 0.754. The van der Waals surface area contributed by atoms with Gasteiger partial charge in [-0.05, 0) is 42.6 Å². The number of fused-ring (bicyclic) bond motifs is 1. The van der Waals surface area contributed by atoms with Gasteiger partial charge in [0.1, 0.15) is 6.54 Å². The number of carbonyl (C=O) groups is 1. The third-order valence-corrected chi connectivity index (χ3v) is 3.88. The summed E-state index contributed by atoms with van der Waals surface area (Å²) in [5.74, 6) is -0.0312. The van der Waals surface area contributed by atoms with E-state index in [0.717, 1.165) is 21.1 Å². The van der Waals surface area contributed by atoms with Crippen LogP contribution in [0.25, 0.3) is 10.9 Å². The van der Waals surface area contributed by atoms with Gasteiger partial charge in [-0.3, -0.25) is 4.79 Å². The Morgan fingerprint density at radius 1 is 1.14 bits per heavy atom. The van der Waals surface area contributed by atoms with Crippen LogP contribution in [0.1, 0.15) is 5.56 Å². The first-order chi connectivity index (χ1) is 10.1. The van der Waals surface area contributed by atoms with Crippen LogP contribution in [0.4, 0.5) is 5.69 Å². The van der Waals surface area contributed by atoms with Gasteiger partial charge in [-0.2, -0.15) is 0 Å². The molecular formula is C17H15BrN2O. The Hall–Kier alpha value is -2.07. The Morgan fingerprint density at radius 2 is 1.90 bits per heavy atom. The van der Waals surface area contributed by atoms with Gasteiger partial charge < -0.3 is 9.88 Å². The lowest BCUT2D eigenvalue weighted by Crippen LogP contribution is -2.18. The Bertz CT molecular complexity index is 790. The fourth-order valence-electron chi connectivity index (χ4n) is 2.29. The zero-order valence-corrected chi connectivity index (χ0v) is 13.2. The third kappa shape index (κ3) is 3.16. The standard InChI is InChI=1S/C17H15BrN2O/c1-12-2-6-15(7-3-12)19-17(21)11-20-9-8-13-4-5-14(18)10-16(13)20/h2-10H,11H2,1H3,(H,19,21). The SMILES string of the molecule is Cc1ccc(NC(=O)Cn2ccc3ccc(Br)cc32)cc1. The van der Waals surface area contributed by atoms with E-state index in [9.17, 15) is 4.79 Å². The van der Waals surface area contributed by atoms with Gasteiger partial charge in [0.25, 0.3) is 0 Å². The van der Waals surface area contributed by atoms with E-state index in [0.29, 0.717) is 6.54 Å². The molecule has 0 fully saturated rings. The molecule has 3 nitrogen and oxygen atoms in total. The summed E-state index contributed by atoms with van der Waals surface area (Å²) in [6.45, 7) is 2.32.